The van der Waals surface area contributed by atoms with Gasteiger partial charge in [0.05, 0.1) is 18.9 Å². The van der Waals surface area contributed by atoms with Crippen LogP contribution in [0.1, 0.15) is 45.6 Å². The Bertz CT molecular complexity index is 593. The van der Waals surface area contributed by atoms with Crippen LogP contribution in [0.15, 0.2) is 28.7 Å². The van der Waals surface area contributed by atoms with E-state index in [1.165, 1.54) is 6.92 Å². The van der Waals surface area contributed by atoms with E-state index in [9.17, 15) is 14.4 Å². The van der Waals surface area contributed by atoms with Gasteiger partial charge in [0.1, 0.15) is 11.4 Å². The number of hydrogen-bond acceptors (Lipinski definition) is 4. The highest BCUT2D eigenvalue weighted by Crippen LogP contribution is 2.25. The van der Waals surface area contributed by atoms with Crippen LogP contribution in [0.3, 0.4) is 0 Å². The van der Waals surface area contributed by atoms with Gasteiger partial charge < -0.3 is 10.1 Å². The molecule has 0 aliphatic carbocycles. The molecule has 0 radical (unpaired) electrons. The molecular weight excluding hydrogens is 362 g/mol. The van der Waals surface area contributed by atoms with Crippen LogP contribution >= 0.6 is 15.9 Å². The van der Waals surface area contributed by atoms with Crippen molar-refractivity contribution < 1.29 is 19.1 Å². The monoisotopic (exact) mass is 383 g/mol. The molecule has 6 heteroatoms. The van der Waals surface area contributed by atoms with Crippen molar-refractivity contribution in [3.63, 3.8) is 0 Å². The first-order chi connectivity index (χ1) is 10.6. The third-order valence-electron chi connectivity index (χ3n) is 2.87. The van der Waals surface area contributed by atoms with Gasteiger partial charge in [0.2, 0.25) is 5.91 Å². The predicted molar refractivity (Wildman–Crippen MR) is 91.0 cm³/mol. The zero-order valence-corrected chi connectivity index (χ0v) is 15.4. The van der Waals surface area contributed by atoms with Gasteiger partial charge in [0, 0.05) is 4.47 Å². The number of carbonyl (C=O) groups is 3. The van der Waals surface area contributed by atoms with Gasteiger partial charge in [-0.2, -0.15) is 0 Å². The van der Waals surface area contributed by atoms with Gasteiger partial charge >= 0.3 is 5.97 Å². The van der Waals surface area contributed by atoms with Crippen LogP contribution < -0.4 is 5.32 Å². The smallest absolute Gasteiger partial charge is 0.307 e. The van der Waals surface area contributed by atoms with E-state index in [4.69, 9.17) is 4.74 Å². The number of hydrogen-bond donors (Lipinski definition) is 1. The Kier molecular flexibility index (Phi) is 6.94. The number of nitrogens with one attached hydrogen (secondary N) is 1. The van der Waals surface area contributed by atoms with E-state index in [1.807, 2.05) is 6.07 Å². The molecule has 1 unspecified atom stereocenters. The van der Waals surface area contributed by atoms with E-state index in [2.05, 4.69) is 21.2 Å². The molecule has 0 heterocycles. The van der Waals surface area contributed by atoms with Crippen molar-refractivity contribution in [1.82, 2.24) is 5.32 Å². The number of benzene rings is 1. The average Bonchev–Trinajstić information content (AvgIpc) is 2.40. The van der Waals surface area contributed by atoms with Gasteiger partial charge in [0.15, 0.2) is 0 Å². The van der Waals surface area contributed by atoms with E-state index in [-0.39, 0.29) is 24.7 Å². The molecule has 5 nitrogen and oxygen atoms in total. The lowest BCUT2D eigenvalue weighted by Crippen LogP contribution is -2.35. The molecule has 1 aromatic carbocycles. The van der Waals surface area contributed by atoms with E-state index in [0.717, 1.165) is 4.47 Å². The highest BCUT2D eigenvalue weighted by molar-refractivity contribution is 9.10. The van der Waals surface area contributed by atoms with Crippen molar-refractivity contribution in [1.29, 1.82) is 0 Å². The Morgan fingerprint density at radius 2 is 1.91 bits per heavy atom. The molecule has 0 spiro atoms. The number of ether oxygens (including phenoxy) is 1. The van der Waals surface area contributed by atoms with E-state index < -0.39 is 17.5 Å². The first kappa shape index (κ1) is 19.4. The predicted octanol–water partition coefficient (Wildman–Crippen LogP) is 2.97. The first-order valence-corrected chi connectivity index (χ1v) is 8.12. The molecule has 0 aliphatic rings. The summed E-state index contributed by atoms with van der Waals surface area (Å²) in [6.07, 6.45) is -0.0859. The molecule has 1 atom stereocenters. The standard InChI is InChI=1S/C17H22BrNO4/c1-11(20)10-19-16(22)14(9-15(21)23-17(2,3)4)12-6-5-7-13(18)8-12/h5-8,14H,9-10H2,1-4H3,(H,19,22). The van der Waals surface area contributed by atoms with Gasteiger partial charge in [-0.3, -0.25) is 14.4 Å². The maximum Gasteiger partial charge on any atom is 0.307 e. The third kappa shape index (κ3) is 7.41. The number of Topliss-reactive ketones (excluding diaryl/α,β-unsaturated/α-hetero) is 1. The summed E-state index contributed by atoms with van der Waals surface area (Å²) in [5.41, 5.74) is 0.0701. The van der Waals surface area contributed by atoms with Crippen LogP contribution in [-0.4, -0.2) is 29.8 Å². The highest BCUT2D eigenvalue weighted by atomic mass is 79.9. The van der Waals surface area contributed by atoms with Crippen molar-refractivity contribution in [3.05, 3.63) is 34.3 Å². The summed E-state index contributed by atoms with van der Waals surface area (Å²) in [5.74, 6) is -1.69. The van der Waals surface area contributed by atoms with E-state index in [1.54, 1.807) is 39.0 Å². The topological polar surface area (TPSA) is 72.5 Å². The summed E-state index contributed by atoms with van der Waals surface area (Å²) in [7, 11) is 0. The van der Waals surface area contributed by atoms with Crippen molar-refractivity contribution in [2.24, 2.45) is 0 Å². The zero-order chi connectivity index (χ0) is 17.6. The molecule has 0 aliphatic heterocycles. The number of amides is 1. The second-order valence-electron chi connectivity index (χ2n) is 6.32. The Balaban J connectivity index is 2.94. The molecule has 1 amide bonds. The molecule has 1 rings (SSSR count). The van der Waals surface area contributed by atoms with Gasteiger partial charge in [-0.15, -0.1) is 0 Å². The lowest BCUT2D eigenvalue weighted by molar-refractivity contribution is -0.156. The van der Waals surface area contributed by atoms with Crippen LogP contribution in [0.2, 0.25) is 0 Å². The molecule has 0 fully saturated rings. The van der Waals surface area contributed by atoms with E-state index >= 15 is 0 Å². The Hall–Kier alpha value is -1.69. The zero-order valence-electron chi connectivity index (χ0n) is 13.8. The molecule has 1 N–H and O–H groups in total. The number of halogens is 1. The van der Waals surface area contributed by atoms with Gasteiger partial charge in [-0.05, 0) is 45.4 Å². The minimum atomic E-state index is -0.707. The Labute approximate surface area is 144 Å². The van der Waals surface area contributed by atoms with Crippen molar-refractivity contribution >= 4 is 33.6 Å². The third-order valence-corrected chi connectivity index (χ3v) is 3.36. The normalized spacial score (nSPS) is 12.4. The Morgan fingerprint density at radius 1 is 1.26 bits per heavy atom. The average molecular weight is 384 g/mol. The second-order valence-corrected chi connectivity index (χ2v) is 7.23. The fourth-order valence-corrected chi connectivity index (χ4v) is 2.39. The molecule has 0 aromatic heterocycles. The fourth-order valence-electron chi connectivity index (χ4n) is 1.97. The fraction of sp³-hybridized carbons (Fsp3) is 0.471. The quantitative estimate of drug-likeness (QED) is 0.766. The number of ketones is 1. The summed E-state index contributed by atoms with van der Waals surface area (Å²) in [5, 5.41) is 2.56. The van der Waals surface area contributed by atoms with E-state index in [0.29, 0.717) is 5.56 Å². The summed E-state index contributed by atoms with van der Waals surface area (Å²) in [6, 6.07) is 7.18. The van der Waals surface area contributed by atoms with Crippen LogP contribution in [0.4, 0.5) is 0 Å². The SMILES string of the molecule is CC(=O)CNC(=O)C(CC(=O)OC(C)(C)C)c1cccc(Br)c1. The largest absolute Gasteiger partial charge is 0.460 e. The molecule has 0 saturated carbocycles. The van der Waals surface area contributed by atoms with Gasteiger partial charge in [0.25, 0.3) is 0 Å². The van der Waals surface area contributed by atoms with Crippen molar-refractivity contribution in [2.75, 3.05) is 6.54 Å². The molecule has 0 bridgehead atoms. The summed E-state index contributed by atoms with van der Waals surface area (Å²) < 4.78 is 6.11. The Morgan fingerprint density at radius 3 is 2.43 bits per heavy atom. The number of esters is 1. The molecule has 23 heavy (non-hydrogen) atoms. The van der Waals surface area contributed by atoms with Crippen LogP contribution in [-0.2, 0) is 19.1 Å². The molecular formula is C17H22BrNO4. The first-order valence-electron chi connectivity index (χ1n) is 7.33. The summed E-state index contributed by atoms with van der Waals surface area (Å²) in [4.78, 5) is 35.5. The molecule has 1 aromatic rings. The minimum Gasteiger partial charge on any atom is -0.460 e. The van der Waals surface area contributed by atoms with Crippen molar-refractivity contribution in [2.45, 2.75) is 45.6 Å². The lowest BCUT2D eigenvalue weighted by atomic mass is 9.94. The van der Waals surface area contributed by atoms with Crippen LogP contribution in [0.25, 0.3) is 0 Å². The van der Waals surface area contributed by atoms with Crippen LogP contribution in [0.5, 0.6) is 0 Å². The molecule has 0 saturated heterocycles. The minimum absolute atomic E-state index is 0.0579. The van der Waals surface area contributed by atoms with Crippen molar-refractivity contribution in [3.8, 4) is 0 Å². The summed E-state index contributed by atoms with van der Waals surface area (Å²) >= 11 is 3.35. The molecule has 126 valence electrons. The number of carbonyl (C=O) groups excluding carboxylic acids is 3. The number of rotatable bonds is 6. The van der Waals surface area contributed by atoms with Gasteiger partial charge in [-0.1, -0.05) is 28.1 Å². The highest BCUT2D eigenvalue weighted by Gasteiger charge is 2.27. The lowest BCUT2D eigenvalue weighted by Gasteiger charge is -2.22. The maximum atomic E-state index is 12.4. The van der Waals surface area contributed by atoms with Crippen LogP contribution in [0, 0.1) is 0 Å². The second kappa shape index (κ2) is 8.24. The van der Waals surface area contributed by atoms with Gasteiger partial charge in [-0.25, -0.2) is 0 Å². The summed E-state index contributed by atoms with van der Waals surface area (Å²) in [6.45, 7) is 6.65. The maximum absolute atomic E-state index is 12.4.